The van der Waals surface area contributed by atoms with Crippen LogP contribution in [0.5, 0.6) is 0 Å². The number of esters is 2. The Kier molecular flexibility index (Phi) is 36.8. The van der Waals surface area contributed by atoms with Gasteiger partial charge in [-0.05, 0) is 89.9 Å². The molecule has 0 heterocycles. The Morgan fingerprint density at radius 1 is 0.480 bits per heavy atom. The molecule has 0 saturated carbocycles. The summed E-state index contributed by atoms with van der Waals surface area (Å²) in [4.78, 5) is 24.2. The second kappa shape index (κ2) is 39.7. The Labute approximate surface area is 305 Å². The van der Waals surface area contributed by atoms with E-state index in [9.17, 15) is 14.7 Å². The van der Waals surface area contributed by atoms with Gasteiger partial charge < -0.3 is 14.6 Å². The molecular weight excluding hydrogens is 620 g/mol. The van der Waals surface area contributed by atoms with Crippen molar-refractivity contribution in [2.75, 3.05) is 13.2 Å². The molecular formula is C45H68O5. The van der Waals surface area contributed by atoms with E-state index in [4.69, 9.17) is 9.47 Å². The molecule has 1 unspecified atom stereocenters. The average molecular weight is 689 g/mol. The third-order valence-electron chi connectivity index (χ3n) is 7.25. The molecule has 0 aromatic heterocycles. The summed E-state index contributed by atoms with van der Waals surface area (Å²) in [6.45, 7) is 3.85. The van der Waals surface area contributed by atoms with Gasteiger partial charge in [-0.15, -0.1) is 0 Å². The zero-order valence-corrected chi connectivity index (χ0v) is 31.3. The van der Waals surface area contributed by atoms with Crippen molar-refractivity contribution in [3.8, 4) is 0 Å². The quantitative estimate of drug-likeness (QED) is 0.0433. The first-order valence-electron chi connectivity index (χ1n) is 19.1. The third-order valence-corrected chi connectivity index (χ3v) is 7.25. The van der Waals surface area contributed by atoms with E-state index in [2.05, 4.69) is 123 Å². The summed E-state index contributed by atoms with van der Waals surface area (Å²) < 4.78 is 10.5. The molecule has 0 aliphatic carbocycles. The van der Waals surface area contributed by atoms with E-state index in [1.165, 1.54) is 25.7 Å². The fourth-order valence-corrected chi connectivity index (χ4v) is 4.39. The van der Waals surface area contributed by atoms with Crippen LogP contribution in [0, 0.1) is 0 Å². The molecule has 0 aliphatic rings. The van der Waals surface area contributed by atoms with Gasteiger partial charge >= 0.3 is 11.9 Å². The van der Waals surface area contributed by atoms with E-state index in [0.29, 0.717) is 12.8 Å². The van der Waals surface area contributed by atoms with Crippen LogP contribution in [0.2, 0.25) is 0 Å². The van der Waals surface area contributed by atoms with E-state index in [-0.39, 0.29) is 32.0 Å². The monoisotopic (exact) mass is 689 g/mol. The molecule has 0 radical (unpaired) electrons. The summed E-state index contributed by atoms with van der Waals surface area (Å²) in [6, 6.07) is 0. The highest BCUT2D eigenvalue weighted by Gasteiger charge is 2.15. The highest BCUT2D eigenvalue weighted by molar-refractivity contribution is 5.70. The second-order valence-corrected chi connectivity index (χ2v) is 11.9. The van der Waals surface area contributed by atoms with Gasteiger partial charge in [-0.3, -0.25) is 9.59 Å². The minimum absolute atomic E-state index is 0.134. The number of aliphatic hydroxyl groups is 1. The van der Waals surface area contributed by atoms with Crippen molar-refractivity contribution in [3.63, 3.8) is 0 Å². The number of ether oxygens (including phenoxy) is 2. The van der Waals surface area contributed by atoms with Crippen molar-refractivity contribution >= 4 is 11.9 Å². The third kappa shape index (κ3) is 37.1. The molecule has 0 amide bonds. The van der Waals surface area contributed by atoms with Crippen molar-refractivity contribution in [2.24, 2.45) is 0 Å². The molecule has 0 aromatic carbocycles. The van der Waals surface area contributed by atoms with E-state index >= 15 is 0 Å². The zero-order chi connectivity index (χ0) is 36.4. The van der Waals surface area contributed by atoms with Crippen LogP contribution in [0.1, 0.15) is 129 Å². The summed E-state index contributed by atoms with van der Waals surface area (Å²) in [7, 11) is 0. The summed E-state index contributed by atoms with van der Waals surface area (Å²) in [5, 5.41) is 9.53. The largest absolute Gasteiger partial charge is 0.462 e. The maximum Gasteiger partial charge on any atom is 0.306 e. The molecule has 1 N–H and O–H groups in total. The molecule has 278 valence electrons. The number of carbonyl (C=O) groups excluding carboxylic acids is 2. The maximum absolute atomic E-state index is 12.1. The smallest absolute Gasteiger partial charge is 0.306 e. The number of hydrogen-bond donors (Lipinski definition) is 1. The molecule has 0 aromatic rings. The van der Waals surface area contributed by atoms with Gasteiger partial charge in [0.15, 0.2) is 6.10 Å². The first-order valence-corrected chi connectivity index (χ1v) is 19.1. The summed E-state index contributed by atoms with van der Waals surface area (Å²) in [6.07, 6.45) is 58.4. The number of allylic oxidation sites excluding steroid dienone is 20. The molecule has 0 bridgehead atoms. The van der Waals surface area contributed by atoms with Crippen LogP contribution in [0.3, 0.4) is 0 Å². The summed E-state index contributed by atoms with van der Waals surface area (Å²) in [5.74, 6) is -0.770. The minimum atomic E-state index is -0.842. The van der Waals surface area contributed by atoms with Crippen LogP contribution >= 0.6 is 0 Å². The zero-order valence-electron chi connectivity index (χ0n) is 31.3. The minimum Gasteiger partial charge on any atom is -0.462 e. The van der Waals surface area contributed by atoms with Gasteiger partial charge in [0.25, 0.3) is 0 Å². The summed E-state index contributed by atoms with van der Waals surface area (Å²) in [5.41, 5.74) is 0. The topological polar surface area (TPSA) is 72.8 Å². The Hall–Kier alpha value is -3.70. The van der Waals surface area contributed by atoms with Gasteiger partial charge in [0.1, 0.15) is 6.61 Å². The maximum atomic E-state index is 12.1. The SMILES string of the molecule is CCC=CCC=CCC=CCC=CCC=CCC=CCCC(=O)OC(CO)COC(=O)CCCC=CCC=CCC=CCC=CCCCCC. The van der Waals surface area contributed by atoms with Crippen molar-refractivity contribution in [2.45, 2.75) is 136 Å². The van der Waals surface area contributed by atoms with Gasteiger partial charge in [-0.1, -0.05) is 148 Å². The lowest BCUT2D eigenvalue weighted by Crippen LogP contribution is -2.28. The van der Waals surface area contributed by atoms with E-state index in [0.717, 1.165) is 64.2 Å². The van der Waals surface area contributed by atoms with Crippen LogP contribution in [0.4, 0.5) is 0 Å². The molecule has 0 aliphatic heterocycles. The predicted molar refractivity (Wildman–Crippen MR) is 214 cm³/mol. The fraction of sp³-hybridized carbons (Fsp3) is 0.511. The molecule has 0 fully saturated rings. The Balaban J connectivity index is 3.85. The summed E-state index contributed by atoms with van der Waals surface area (Å²) >= 11 is 0. The molecule has 0 saturated heterocycles. The van der Waals surface area contributed by atoms with Gasteiger partial charge in [-0.25, -0.2) is 0 Å². The fourth-order valence-electron chi connectivity index (χ4n) is 4.39. The number of hydrogen-bond acceptors (Lipinski definition) is 5. The van der Waals surface area contributed by atoms with Gasteiger partial charge in [-0.2, -0.15) is 0 Å². The number of carbonyl (C=O) groups is 2. The van der Waals surface area contributed by atoms with Crippen LogP contribution in [0.25, 0.3) is 0 Å². The number of aliphatic hydroxyl groups excluding tert-OH is 1. The average Bonchev–Trinajstić information content (AvgIpc) is 3.12. The Bertz CT molecular complexity index is 1100. The normalized spacial score (nSPS) is 13.6. The van der Waals surface area contributed by atoms with E-state index < -0.39 is 12.1 Å². The number of rotatable bonds is 32. The lowest BCUT2D eigenvalue weighted by molar-refractivity contribution is -0.161. The van der Waals surface area contributed by atoms with Gasteiger partial charge in [0.2, 0.25) is 0 Å². The van der Waals surface area contributed by atoms with Gasteiger partial charge in [0.05, 0.1) is 6.61 Å². The Morgan fingerprint density at radius 2 is 0.880 bits per heavy atom. The van der Waals surface area contributed by atoms with Crippen molar-refractivity contribution in [1.29, 1.82) is 0 Å². The highest BCUT2D eigenvalue weighted by Crippen LogP contribution is 2.05. The van der Waals surface area contributed by atoms with Crippen LogP contribution < -0.4 is 0 Å². The Morgan fingerprint density at radius 3 is 1.30 bits per heavy atom. The van der Waals surface area contributed by atoms with Crippen LogP contribution in [-0.2, 0) is 19.1 Å². The van der Waals surface area contributed by atoms with Crippen LogP contribution in [-0.4, -0.2) is 36.4 Å². The van der Waals surface area contributed by atoms with Crippen LogP contribution in [0.15, 0.2) is 122 Å². The highest BCUT2D eigenvalue weighted by atomic mass is 16.6. The predicted octanol–water partition coefficient (Wildman–Crippen LogP) is 12.1. The molecule has 5 nitrogen and oxygen atoms in total. The van der Waals surface area contributed by atoms with Crippen molar-refractivity contribution in [3.05, 3.63) is 122 Å². The van der Waals surface area contributed by atoms with Crippen molar-refractivity contribution < 1.29 is 24.2 Å². The van der Waals surface area contributed by atoms with E-state index in [1.54, 1.807) is 0 Å². The lowest BCUT2D eigenvalue weighted by Gasteiger charge is -2.15. The first-order chi connectivity index (χ1) is 24.6. The molecule has 1 atom stereocenters. The van der Waals surface area contributed by atoms with Crippen molar-refractivity contribution in [1.82, 2.24) is 0 Å². The molecule has 0 spiro atoms. The first kappa shape index (κ1) is 46.3. The lowest BCUT2D eigenvalue weighted by atomic mass is 10.2. The molecule has 0 rings (SSSR count). The number of unbranched alkanes of at least 4 members (excludes halogenated alkanes) is 4. The second-order valence-electron chi connectivity index (χ2n) is 11.9. The molecule has 50 heavy (non-hydrogen) atoms. The van der Waals surface area contributed by atoms with E-state index in [1.807, 2.05) is 12.2 Å². The van der Waals surface area contributed by atoms with Gasteiger partial charge in [0, 0.05) is 12.8 Å². The molecule has 5 heteroatoms. The standard InChI is InChI=1S/C45H68O5/c1-3-5-7-9-11-13-15-17-19-21-22-24-26-28-30-32-34-36-38-40-45(48)50-43(41-46)42-49-44(47)39-37-35-33-31-29-27-25-23-20-18-16-14-12-10-8-6-4-2/h5,7,11-14,17-20,22,24-25,27-28,30-31,33-34,36,43,46H,3-4,6,8-10,15-16,21,23,26,29,32,35,37-42H2,1-2H3.